The van der Waals surface area contributed by atoms with Crippen molar-refractivity contribution in [2.45, 2.75) is 18.9 Å². The number of hydrogen-bond acceptors (Lipinski definition) is 7. The normalized spacial score (nSPS) is 13.8. The first kappa shape index (κ1) is 28.0. The fourth-order valence-electron chi connectivity index (χ4n) is 4.37. The lowest BCUT2D eigenvalue weighted by atomic mass is 10.0. The number of halogens is 2. The minimum Gasteiger partial charge on any atom is -0.349 e. The number of carbonyl (C=O) groups excluding carboxylic acids is 2. The number of nitrogens with one attached hydrogen (secondary N) is 4. The molecule has 0 aliphatic carbocycles. The van der Waals surface area contributed by atoms with Crippen LogP contribution in [0, 0.1) is 5.82 Å². The number of aromatic nitrogens is 2. The van der Waals surface area contributed by atoms with Crippen LogP contribution in [0.25, 0.3) is 0 Å². The molecule has 1 aliphatic heterocycles. The molecule has 210 valence electrons. The highest BCUT2D eigenvalue weighted by molar-refractivity contribution is 6.33. The minimum atomic E-state index is -0.642. The van der Waals surface area contributed by atoms with E-state index in [1.807, 2.05) is 0 Å². The SMILES string of the molecule is CN1CCC(NC(=O)c2ccc(Nc3ncc(F)c(Nc4ccc(C(=O)Nc5ccccc5Cl)cc4)n3)cc2)CC1. The monoisotopic (exact) mass is 573 g/mol. The predicted molar refractivity (Wildman–Crippen MR) is 159 cm³/mol. The maximum atomic E-state index is 14.5. The Bertz CT molecular complexity index is 1530. The molecule has 5 rings (SSSR count). The average molecular weight is 574 g/mol. The van der Waals surface area contributed by atoms with E-state index >= 15 is 0 Å². The molecule has 11 heteroatoms. The van der Waals surface area contributed by atoms with Crippen LogP contribution in [0.2, 0.25) is 5.02 Å². The second kappa shape index (κ2) is 12.8. The quantitative estimate of drug-likeness (QED) is 0.210. The molecular weight excluding hydrogens is 545 g/mol. The molecule has 0 atom stereocenters. The van der Waals surface area contributed by atoms with E-state index in [1.165, 1.54) is 0 Å². The third kappa shape index (κ3) is 7.36. The average Bonchev–Trinajstić information content (AvgIpc) is 2.98. The van der Waals surface area contributed by atoms with Gasteiger partial charge in [-0.25, -0.2) is 9.37 Å². The molecule has 1 aromatic heterocycles. The van der Waals surface area contributed by atoms with E-state index in [9.17, 15) is 14.0 Å². The molecule has 0 bridgehead atoms. The first-order valence-electron chi connectivity index (χ1n) is 13.2. The first-order chi connectivity index (χ1) is 19.8. The van der Waals surface area contributed by atoms with Gasteiger partial charge in [0.15, 0.2) is 11.6 Å². The van der Waals surface area contributed by atoms with E-state index in [0.29, 0.717) is 33.2 Å². The van der Waals surface area contributed by atoms with E-state index in [1.54, 1.807) is 72.8 Å². The van der Waals surface area contributed by atoms with Crippen LogP contribution in [0.3, 0.4) is 0 Å². The summed E-state index contributed by atoms with van der Waals surface area (Å²) in [7, 11) is 2.08. The highest BCUT2D eigenvalue weighted by atomic mass is 35.5. The largest absolute Gasteiger partial charge is 0.349 e. The first-order valence-corrected chi connectivity index (χ1v) is 13.5. The lowest BCUT2D eigenvalue weighted by Gasteiger charge is -2.29. The molecule has 2 heterocycles. The Morgan fingerprint density at radius 3 is 2.15 bits per heavy atom. The molecule has 0 saturated carbocycles. The number of anilines is 5. The van der Waals surface area contributed by atoms with Gasteiger partial charge in [0.1, 0.15) is 0 Å². The smallest absolute Gasteiger partial charge is 0.255 e. The number of benzene rings is 3. The van der Waals surface area contributed by atoms with Crippen molar-refractivity contribution in [3.8, 4) is 0 Å². The number of rotatable bonds is 8. The van der Waals surface area contributed by atoms with Crippen LogP contribution in [0.4, 0.5) is 33.2 Å². The molecular formula is C30H29ClFN7O2. The summed E-state index contributed by atoms with van der Waals surface area (Å²) in [6.45, 7) is 1.94. The Kier molecular flexibility index (Phi) is 8.71. The van der Waals surface area contributed by atoms with E-state index in [-0.39, 0.29) is 29.6 Å². The van der Waals surface area contributed by atoms with Crippen molar-refractivity contribution in [1.29, 1.82) is 0 Å². The minimum absolute atomic E-state index is 0.0371. The lowest BCUT2D eigenvalue weighted by Crippen LogP contribution is -2.43. The molecule has 1 aliphatic rings. The number of nitrogens with zero attached hydrogens (tertiary/aromatic N) is 3. The molecule has 4 aromatic rings. The van der Waals surface area contributed by atoms with Crippen molar-refractivity contribution >= 4 is 52.2 Å². The van der Waals surface area contributed by atoms with Gasteiger partial charge >= 0.3 is 0 Å². The van der Waals surface area contributed by atoms with Crippen molar-refractivity contribution in [1.82, 2.24) is 20.2 Å². The Labute approximate surface area is 242 Å². The zero-order valence-electron chi connectivity index (χ0n) is 22.3. The molecule has 9 nitrogen and oxygen atoms in total. The van der Waals surface area contributed by atoms with E-state index in [0.717, 1.165) is 32.1 Å². The van der Waals surface area contributed by atoms with Crippen LogP contribution in [0.15, 0.2) is 79.0 Å². The number of likely N-dealkylation sites (tertiary alicyclic amines) is 1. The number of piperidine rings is 1. The summed E-state index contributed by atoms with van der Waals surface area (Å²) in [5.74, 6) is -0.937. The topological polar surface area (TPSA) is 111 Å². The summed E-state index contributed by atoms with van der Waals surface area (Å²) in [4.78, 5) is 35.7. The van der Waals surface area contributed by atoms with Crippen LogP contribution < -0.4 is 21.3 Å². The van der Waals surface area contributed by atoms with Gasteiger partial charge in [-0.1, -0.05) is 23.7 Å². The second-order valence-electron chi connectivity index (χ2n) is 9.78. The molecule has 4 N–H and O–H groups in total. The Balaban J connectivity index is 1.19. The van der Waals surface area contributed by atoms with Gasteiger partial charge in [0.2, 0.25) is 5.95 Å². The Morgan fingerprint density at radius 2 is 1.49 bits per heavy atom. The Morgan fingerprint density at radius 1 is 0.878 bits per heavy atom. The highest BCUT2D eigenvalue weighted by Gasteiger charge is 2.19. The van der Waals surface area contributed by atoms with Gasteiger partial charge < -0.3 is 26.2 Å². The molecule has 0 radical (unpaired) electrons. The summed E-state index contributed by atoms with van der Waals surface area (Å²) in [6, 6.07) is 20.6. The maximum Gasteiger partial charge on any atom is 0.255 e. The third-order valence-electron chi connectivity index (χ3n) is 6.73. The third-order valence-corrected chi connectivity index (χ3v) is 7.06. The number of hydrogen-bond donors (Lipinski definition) is 4. The standard InChI is InChI=1S/C30H29ClFN7O2/c1-39-16-14-23(15-17-39)35-28(40)19-8-12-22(13-9-19)36-30-33-18-25(32)27(38-30)34-21-10-6-20(7-11-21)29(41)37-26-5-3-2-4-24(26)31/h2-13,18,23H,14-17H2,1H3,(H,35,40)(H,37,41)(H2,33,34,36,38). The zero-order chi connectivity index (χ0) is 28.8. The maximum absolute atomic E-state index is 14.5. The summed E-state index contributed by atoms with van der Waals surface area (Å²) in [5, 5.41) is 12.2. The van der Waals surface area contributed by atoms with Crippen LogP contribution >= 0.6 is 11.6 Å². The van der Waals surface area contributed by atoms with Crippen molar-refractivity contribution in [3.63, 3.8) is 0 Å². The van der Waals surface area contributed by atoms with Gasteiger partial charge in [0, 0.05) is 28.5 Å². The molecule has 1 fully saturated rings. The molecule has 2 amide bonds. The van der Waals surface area contributed by atoms with E-state index in [4.69, 9.17) is 11.6 Å². The van der Waals surface area contributed by atoms with Crippen molar-refractivity contribution < 1.29 is 14.0 Å². The molecule has 0 spiro atoms. The van der Waals surface area contributed by atoms with Gasteiger partial charge in [-0.05, 0) is 93.6 Å². The van der Waals surface area contributed by atoms with Crippen LogP contribution in [0.1, 0.15) is 33.6 Å². The molecule has 3 aromatic carbocycles. The summed E-state index contributed by atoms with van der Waals surface area (Å²) in [5.41, 5.74) is 2.65. The number of carbonyl (C=O) groups is 2. The van der Waals surface area contributed by atoms with Crippen molar-refractivity contribution in [2.75, 3.05) is 36.1 Å². The summed E-state index contributed by atoms with van der Waals surface area (Å²) in [6.07, 6.45) is 2.93. The van der Waals surface area contributed by atoms with E-state index in [2.05, 4.69) is 43.2 Å². The highest BCUT2D eigenvalue weighted by Crippen LogP contribution is 2.23. The van der Waals surface area contributed by atoms with E-state index < -0.39 is 5.82 Å². The molecule has 41 heavy (non-hydrogen) atoms. The van der Waals surface area contributed by atoms with Gasteiger partial charge in [0.25, 0.3) is 11.8 Å². The fraction of sp³-hybridized carbons (Fsp3) is 0.200. The zero-order valence-corrected chi connectivity index (χ0v) is 23.1. The van der Waals surface area contributed by atoms with Crippen LogP contribution in [-0.2, 0) is 0 Å². The number of para-hydroxylation sites is 1. The van der Waals surface area contributed by atoms with Gasteiger partial charge in [-0.15, -0.1) is 0 Å². The lowest BCUT2D eigenvalue weighted by molar-refractivity contribution is 0.0916. The van der Waals surface area contributed by atoms with Crippen molar-refractivity contribution in [3.05, 3.63) is 101 Å². The van der Waals surface area contributed by atoms with Gasteiger partial charge in [-0.3, -0.25) is 9.59 Å². The predicted octanol–water partition coefficient (Wildman–Crippen LogP) is 5.83. The Hall–Kier alpha value is -4.54. The second-order valence-corrected chi connectivity index (χ2v) is 10.2. The summed E-state index contributed by atoms with van der Waals surface area (Å²) < 4.78 is 14.5. The number of amides is 2. The van der Waals surface area contributed by atoms with Gasteiger partial charge in [0.05, 0.1) is 16.9 Å². The molecule has 0 unspecified atom stereocenters. The summed E-state index contributed by atoms with van der Waals surface area (Å²) >= 11 is 6.11. The van der Waals surface area contributed by atoms with Crippen LogP contribution in [-0.4, -0.2) is 52.9 Å². The molecule has 1 saturated heterocycles. The fourth-order valence-corrected chi connectivity index (χ4v) is 4.55. The van der Waals surface area contributed by atoms with Crippen molar-refractivity contribution in [2.24, 2.45) is 0 Å². The van der Waals surface area contributed by atoms with Gasteiger partial charge in [-0.2, -0.15) is 4.98 Å². The van der Waals surface area contributed by atoms with Crippen LogP contribution in [0.5, 0.6) is 0 Å².